The first-order valence-electron chi connectivity index (χ1n) is 7.60. The van der Waals surface area contributed by atoms with E-state index in [9.17, 15) is 9.90 Å². The number of benzene rings is 1. The summed E-state index contributed by atoms with van der Waals surface area (Å²) in [6.07, 6.45) is -0.294. The quantitative estimate of drug-likeness (QED) is 0.848. The number of carbonyl (C=O) groups excluding carboxylic acids is 1. The van der Waals surface area contributed by atoms with E-state index in [4.69, 9.17) is 4.74 Å². The fourth-order valence-electron chi connectivity index (χ4n) is 2.02. The van der Waals surface area contributed by atoms with Gasteiger partial charge in [-0.1, -0.05) is 19.1 Å². The highest BCUT2D eigenvalue weighted by molar-refractivity contribution is 5.67. The number of ether oxygens (including phenoxy) is 1. The molecule has 0 radical (unpaired) electrons. The molecule has 0 fully saturated rings. The van der Waals surface area contributed by atoms with Crippen molar-refractivity contribution in [2.75, 3.05) is 20.1 Å². The van der Waals surface area contributed by atoms with Crippen molar-refractivity contribution in [1.82, 2.24) is 10.2 Å². The Morgan fingerprint density at radius 3 is 2.45 bits per heavy atom. The summed E-state index contributed by atoms with van der Waals surface area (Å²) < 4.78 is 5.33. The molecule has 0 aliphatic carbocycles. The average Bonchev–Trinajstić information content (AvgIpc) is 2.39. The highest BCUT2D eigenvalue weighted by atomic mass is 16.6. The van der Waals surface area contributed by atoms with Gasteiger partial charge in [0.1, 0.15) is 11.4 Å². The maximum Gasteiger partial charge on any atom is 0.410 e. The van der Waals surface area contributed by atoms with Gasteiger partial charge in [0, 0.05) is 20.1 Å². The van der Waals surface area contributed by atoms with Crippen molar-refractivity contribution in [1.29, 1.82) is 0 Å². The first kappa shape index (κ1) is 18.3. The van der Waals surface area contributed by atoms with Crippen molar-refractivity contribution in [3.63, 3.8) is 0 Å². The molecule has 0 saturated heterocycles. The molecule has 1 aromatic rings. The Labute approximate surface area is 133 Å². The molecule has 5 heteroatoms. The van der Waals surface area contributed by atoms with Crippen molar-refractivity contribution in [2.24, 2.45) is 5.92 Å². The van der Waals surface area contributed by atoms with Gasteiger partial charge >= 0.3 is 6.09 Å². The molecular weight excluding hydrogens is 280 g/mol. The number of carbonyl (C=O) groups is 1. The minimum atomic E-state index is -0.467. The Bertz CT molecular complexity index is 466. The van der Waals surface area contributed by atoms with Gasteiger partial charge in [-0.3, -0.25) is 0 Å². The predicted octanol–water partition coefficient (Wildman–Crippen LogP) is 2.98. The van der Waals surface area contributed by atoms with Gasteiger partial charge in [-0.15, -0.1) is 0 Å². The van der Waals surface area contributed by atoms with Crippen LogP contribution < -0.4 is 5.32 Å². The zero-order chi connectivity index (χ0) is 16.8. The Morgan fingerprint density at radius 1 is 1.32 bits per heavy atom. The third-order valence-corrected chi connectivity index (χ3v) is 3.05. The van der Waals surface area contributed by atoms with Gasteiger partial charge in [0.05, 0.1) is 0 Å². The molecule has 0 aliphatic rings. The molecule has 0 spiro atoms. The maximum absolute atomic E-state index is 11.9. The van der Waals surface area contributed by atoms with E-state index in [1.165, 1.54) is 0 Å². The van der Waals surface area contributed by atoms with Gasteiger partial charge in [0.25, 0.3) is 0 Å². The molecule has 124 valence electrons. The molecule has 5 nitrogen and oxygen atoms in total. The van der Waals surface area contributed by atoms with Crippen LogP contribution in [0.3, 0.4) is 0 Å². The summed E-state index contributed by atoms with van der Waals surface area (Å²) >= 11 is 0. The van der Waals surface area contributed by atoms with E-state index in [2.05, 4.69) is 12.2 Å². The third kappa shape index (κ3) is 7.31. The largest absolute Gasteiger partial charge is 0.508 e. The summed E-state index contributed by atoms with van der Waals surface area (Å²) in [5.41, 5.74) is 0.650. The molecule has 1 amide bonds. The zero-order valence-corrected chi connectivity index (χ0v) is 14.2. The second-order valence-electron chi connectivity index (χ2n) is 6.76. The third-order valence-electron chi connectivity index (χ3n) is 3.05. The van der Waals surface area contributed by atoms with Crippen LogP contribution in [0.4, 0.5) is 4.79 Å². The Kier molecular flexibility index (Phi) is 6.68. The summed E-state index contributed by atoms with van der Waals surface area (Å²) in [4.78, 5) is 13.5. The normalized spacial score (nSPS) is 12.8. The minimum Gasteiger partial charge on any atom is -0.508 e. The number of phenols is 1. The number of phenolic OH excluding ortho intramolecular Hbond substituents is 1. The molecule has 1 aromatic carbocycles. The van der Waals surface area contributed by atoms with Gasteiger partial charge < -0.3 is 20.1 Å². The number of hydrogen-bond donors (Lipinski definition) is 2. The van der Waals surface area contributed by atoms with E-state index in [-0.39, 0.29) is 11.8 Å². The lowest BCUT2D eigenvalue weighted by atomic mass is 10.1. The van der Waals surface area contributed by atoms with Crippen LogP contribution in [0.15, 0.2) is 24.3 Å². The zero-order valence-electron chi connectivity index (χ0n) is 14.2. The van der Waals surface area contributed by atoms with Gasteiger partial charge in [0.2, 0.25) is 0 Å². The van der Waals surface area contributed by atoms with Crippen LogP contribution in [-0.4, -0.2) is 41.8 Å². The van der Waals surface area contributed by atoms with Crippen LogP contribution in [0.25, 0.3) is 0 Å². The van der Waals surface area contributed by atoms with Crippen LogP contribution >= 0.6 is 0 Å². The monoisotopic (exact) mass is 308 g/mol. The summed E-state index contributed by atoms with van der Waals surface area (Å²) in [5, 5.41) is 12.6. The molecule has 1 rings (SSSR count). The van der Waals surface area contributed by atoms with E-state index in [1.54, 1.807) is 24.1 Å². The molecule has 22 heavy (non-hydrogen) atoms. The van der Waals surface area contributed by atoms with Gasteiger partial charge in [0.15, 0.2) is 0 Å². The van der Waals surface area contributed by atoms with Crippen LogP contribution in [0.5, 0.6) is 5.75 Å². The molecule has 2 N–H and O–H groups in total. The number of nitrogens with zero attached hydrogens (tertiary/aromatic N) is 1. The second-order valence-corrected chi connectivity index (χ2v) is 6.76. The fourth-order valence-corrected chi connectivity index (χ4v) is 2.02. The number of rotatable bonds is 6. The molecular formula is C17H28N2O3. The van der Waals surface area contributed by atoms with Crippen LogP contribution in [0.1, 0.15) is 33.3 Å². The second kappa shape index (κ2) is 8.03. The van der Waals surface area contributed by atoms with Gasteiger partial charge in [-0.2, -0.15) is 0 Å². The molecule has 0 aliphatic heterocycles. The molecule has 0 saturated carbocycles. The molecule has 1 unspecified atom stereocenters. The summed E-state index contributed by atoms with van der Waals surface area (Å²) in [6, 6.07) is 7.13. The van der Waals surface area contributed by atoms with E-state index in [1.807, 2.05) is 32.9 Å². The molecule has 0 aromatic heterocycles. The minimum absolute atomic E-state index is 0.274. The van der Waals surface area contributed by atoms with Crippen molar-refractivity contribution < 1.29 is 14.6 Å². The number of aromatic hydroxyl groups is 1. The summed E-state index contributed by atoms with van der Waals surface area (Å²) in [5.74, 6) is 0.589. The molecule has 0 heterocycles. The lowest BCUT2D eigenvalue weighted by Crippen LogP contribution is -2.38. The van der Waals surface area contributed by atoms with Crippen molar-refractivity contribution >= 4 is 6.09 Å². The van der Waals surface area contributed by atoms with Crippen molar-refractivity contribution in [3.05, 3.63) is 29.8 Å². The SMILES string of the molecule is CC(CNCc1ccc(O)cc1)CN(C)C(=O)OC(C)(C)C. The van der Waals surface area contributed by atoms with E-state index in [0.29, 0.717) is 12.5 Å². The number of hydrogen-bond acceptors (Lipinski definition) is 4. The van der Waals surface area contributed by atoms with Crippen LogP contribution in [0, 0.1) is 5.92 Å². The molecule has 1 atom stereocenters. The van der Waals surface area contributed by atoms with E-state index >= 15 is 0 Å². The fraction of sp³-hybridized carbons (Fsp3) is 0.588. The topological polar surface area (TPSA) is 61.8 Å². The van der Waals surface area contributed by atoms with E-state index in [0.717, 1.165) is 18.7 Å². The first-order valence-corrected chi connectivity index (χ1v) is 7.60. The smallest absolute Gasteiger partial charge is 0.410 e. The Hall–Kier alpha value is -1.75. The lowest BCUT2D eigenvalue weighted by molar-refractivity contribution is 0.0277. The standard InChI is InChI=1S/C17H28N2O3/c1-13(12-19(5)16(21)22-17(2,3)4)10-18-11-14-6-8-15(20)9-7-14/h6-9,13,18,20H,10-12H2,1-5H3. The lowest BCUT2D eigenvalue weighted by Gasteiger charge is -2.26. The van der Waals surface area contributed by atoms with Gasteiger partial charge in [-0.05, 0) is 50.9 Å². The van der Waals surface area contributed by atoms with E-state index < -0.39 is 5.60 Å². The van der Waals surface area contributed by atoms with Gasteiger partial charge in [-0.25, -0.2) is 4.79 Å². The summed E-state index contributed by atoms with van der Waals surface area (Å²) in [6.45, 7) is 9.85. The molecule has 0 bridgehead atoms. The van der Waals surface area contributed by atoms with Crippen LogP contribution in [-0.2, 0) is 11.3 Å². The summed E-state index contributed by atoms with van der Waals surface area (Å²) in [7, 11) is 1.75. The highest BCUT2D eigenvalue weighted by Gasteiger charge is 2.20. The average molecular weight is 308 g/mol. The number of amides is 1. The Balaban J connectivity index is 2.29. The first-order chi connectivity index (χ1) is 10.2. The predicted molar refractivity (Wildman–Crippen MR) is 87.8 cm³/mol. The van der Waals surface area contributed by atoms with Crippen molar-refractivity contribution in [3.8, 4) is 5.75 Å². The van der Waals surface area contributed by atoms with Crippen LogP contribution in [0.2, 0.25) is 0 Å². The maximum atomic E-state index is 11.9. The Morgan fingerprint density at radius 2 is 1.91 bits per heavy atom. The van der Waals surface area contributed by atoms with Crippen molar-refractivity contribution in [2.45, 2.75) is 39.8 Å². The highest BCUT2D eigenvalue weighted by Crippen LogP contribution is 2.11. The number of nitrogens with one attached hydrogen (secondary N) is 1.